The van der Waals surface area contributed by atoms with Gasteiger partial charge in [0, 0.05) is 6.92 Å². The van der Waals surface area contributed by atoms with Crippen LogP contribution in [0.3, 0.4) is 0 Å². The SMILES string of the molecule is CCOc1cc(COC(C)C)ccc1OC(C)=O. The maximum absolute atomic E-state index is 11.0. The van der Waals surface area contributed by atoms with E-state index in [2.05, 4.69) is 0 Å². The molecular weight excluding hydrogens is 232 g/mol. The van der Waals surface area contributed by atoms with Gasteiger partial charge in [-0.15, -0.1) is 0 Å². The van der Waals surface area contributed by atoms with Gasteiger partial charge in [-0.25, -0.2) is 0 Å². The molecule has 1 rings (SSSR count). The highest BCUT2D eigenvalue weighted by Gasteiger charge is 2.09. The summed E-state index contributed by atoms with van der Waals surface area (Å²) in [4.78, 5) is 11.0. The van der Waals surface area contributed by atoms with Crippen molar-refractivity contribution in [3.05, 3.63) is 23.8 Å². The van der Waals surface area contributed by atoms with E-state index in [0.717, 1.165) is 5.56 Å². The van der Waals surface area contributed by atoms with Gasteiger partial charge in [0.1, 0.15) is 0 Å². The van der Waals surface area contributed by atoms with Crippen LogP contribution in [0.2, 0.25) is 0 Å². The molecule has 0 fully saturated rings. The van der Waals surface area contributed by atoms with E-state index in [0.29, 0.717) is 24.7 Å². The zero-order valence-electron chi connectivity index (χ0n) is 11.4. The minimum absolute atomic E-state index is 0.175. The fourth-order valence-corrected chi connectivity index (χ4v) is 1.41. The molecule has 0 aliphatic rings. The van der Waals surface area contributed by atoms with Crippen LogP contribution in [0.4, 0.5) is 0 Å². The van der Waals surface area contributed by atoms with Crippen LogP contribution in [0.1, 0.15) is 33.3 Å². The van der Waals surface area contributed by atoms with Crippen LogP contribution in [-0.4, -0.2) is 18.7 Å². The first-order valence-corrected chi connectivity index (χ1v) is 6.08. The van der Waals surface area contributed by atoms with Crippen molar-refractivity contribution in [2.24, 2.45) is 0 Å². The van der Waals surface area contributed by atoms with E-state index in [1.807, 2.05) is 32.9 Å². The molecule has 0 amide bonds. The summed E-state index contributed by atoms with van der Waals surface area (Å²) in [6.07, 6.45) is 0.175. The first-order valence-electron chi connectivity index (χ1n) is 6.08. The molecule has 0 radical (unpaired) electrons. The molecule has 18 heavy (non-hydrogen) atoms. The summed E-state index contributed by atoms with van der Waals surface area (Å²) in [5, 5.41) is 0. The lowest BCUT2D eigenvalue weighted by molar-refractivity contribution is -0.132. The lowest BCUT2D eigenvalue weighted by atomic mass is 10.2. The van der Waals surface area contributed by atoms with E-state index in [9.17, 15) is 4.79 Å². The number of rotatable bonds is 6. The van der Waals surface area contributed by atoms with Crippen LogP contribution in [-0.2, 0) is 16.1 Å². The van der Waals surface area contributed by atoms with Gasteiger partial charge >= 0.3 is 5.97 Å². The second-order valence-electron chi connectivity index (χ2n) is 4.17. The molecule has 0 saturated heterocycles. The smallest absolute Gasteiger partial charge is 0.308 e. The maximum atomic E-state index is 11.0. The number of ether oxygens (including phenoxy) is 3. The van der Waals surface area contributed by atoms with Crippen molar-refractivity contribution in [2.75, 3.05) is 6.61 Å². The summed E-state index contributed by atoms with van der Waals surface area (Å²) in [6.45, 7) is 8.24. The number of hydrogen-bond donors (Lipinski definition) is 0. The Balaban J connectivity index is 2.84. The average molecular weight is 252 g/mol. The van der Waals surface area contributed by atoms with Gasteiger partial charge in [-0.1, -0.05) is 6.07 Å². The Morgan fingerprint density at radius 3 is 2.56 bits per heavy atom. The molecule has 0 unspecified atom stereocenters. The van der Waals surface area contributed by atoms with Crippen molar-refractivity contribution in [1.29, 1.82) is 0 Å². The monoisotopic (exact) mass is 252 g/mol. The van der Waals surface area contributed by atoms with Gasteiger partial charge < -0.3 is 14.2 Å². The highest BCUT2D eigenvalue weighted by molar-refractivity contribution is 5.70. The molecule has 0 atom stereocenters. The molecular formula is C14H20O4. The minimum atomic E-state index is -0.359. The Hall–Kier alpha value is -1.55. The molecule has 0 saturated carbocycles. The van der Waals surface area contributed by atoms with Gasteiger partial charge in [0.25, 0.3) is 0 Å². The van der Waals surface area contributed by atoms with Crippen molar-refractivity contribution in [1.82, 2.24) is 0 Å². The highest BCUT2D eigenvalue weighted by Crippen LogP contribution is 2.29. The fourth-order valence-electron chi connectivity index (χ4n) is 1.41. The summed E-state index contributed by atoms with van der Waals surface area (Å²) < 4.78 is 16.0. The Kier molecular flexibility index (Phi) is 5.65. The normalized spacial score (nSPS) is 10.5. The molecule has 0 spiro atoms. The maximum Gasteiger partial charge on any atom is 0.308 e. The highest BCUT2D eigenvalue weighted by atomic mass is 16.6. The second-order valence-corrected chi connectivity index (χ2v) is 4.17. The van der Waals surface area contributed by atoms with E-state index in [1.54, 1.807) is 6.07 Å². The molecule has 100 valence electrons. The van der Waals surface area contributed by atoms with E-state index in [-0.39, 0.29) is 12.1 Å². The Morgan fingerprint density at radius 2 is 2.00 bits per heavy atom. The lowest BCUT2D eigenvalue weighted by Gasteiger charge is -2.12. The third-order valence-corrected chi connectivity index (χ3v) is 2.14. The number of esters is 1. The molecule has 0 aliphatic heterocycles. The summed E-state index contributed by atoms with van der Waals surface area (Å²) in [6, 6.07) is 5.43. The summed E-state index contributed by atoms with van der Waals surface area (Å²) in [5.74, 6) is 0.650. The molecule has 1 aromatic rings. The van der Waals surface area contributed by atoms with Crippen molar-refractivity contribution in [3.63, 3.8) is 0 Å². The summed E-state index contributed by atoms with van der Waals surface area (Å²) in [7, 11) is 0. The molecule has 4 nitrogen and oxygen atoms in total. The van der Waals surface area contributed by atoms with Crippen LogP contribution in [0.25, 0.3) is 0 Å². The average Bonchev–Trinajstić information content (AvgIpc) is 2.29. The largest absolute Gasteiger partial charge is 0.490 e. The van der Waals surface area contributed by atoms with Crippen LogP contribution >= 0.6 is 0 Å². The predicted octanol–water partition coefficient (Wildman–Crippen LogP) is 2.94. The van der Waals surface area contributed by atoms with Crippen molar-refractivity contribution >= 4 is 5.97 Å². The molecule has 0 N–H and O–H groups in total. The Bertz CT molecular complexity index is 399. The van der Waals surface area contributed by atoms with E-state index in [1.165, 1.54) is 6.92 Å². The quantitative estimate of drug-likeness (QED) is 0.577. The van der Waals surface area contributed by atoms with Gasteiger partial charge in [0.2, 0.25) is 0 Å². The van der Waals surface area contributed by atoms with E-state index in [4.69, 9.17) is 14.2 Å². The predicted molar refractivity (Wildman–Crippen MR) is 68.8 cm³/mol. The second kappa shape index (κ2) is 7.01. The first-order chi connectivity index (χ1) is 8.52. The first kappa shape index (κ1) is 14.5. The van der Waals surface area contributed by atoms with E-state index < -0.39 is 0 Å². The molecule has 0 heterocycles. The van der Waals surface area contributed by atoms with Crippen molar-refractivity contribution in [2.45, 2.75) is 40.4 Å². The van der Waals surface area contributed by atoms with Crippen molar-refractivity contribution < 1.29 is 19.0 Å². The van der Waals surface area contributed by atoms with Gasteiger partial charge in [-0.3, -0.25) is 4.79 Å². The van der Waals surface area contributed by atoms with Gasteiger partial charge in [0.15, 0.2) is 11.5 Å². The Morgan fingerprint density at radius 1 is 1.28 bits per heavy atom. The topological polar surface area (TPSA) is 44.8 Å². The standard InChI is InChI=1S/C14H20O4/c1-5-16-14-8-12(9-17-10(2)3)6-7-13(14)18-11(4)15/h6-8,10H,5,9H2,1-4H3. The zero-order chi connectivity index (χ0) is 13.5. The van der Waals surface area contributed by atoms with Gasteiger partial charge in [0.05, 0.1) is 19.3 Å². The zero-order valence-corrected chi connectivity index (χ0v) is 11.4. The van der Waals surface area contributed by atoms with E-state index >= 15 is 0 Å². The lowest BCUT2D eigenvalue weighted by Crippen LogP contribution is -2.06. The number of carbonyl (C=O) groups excluding carboxylic acids is 1. The van der Waals surface area contributed by atoms with Gasteiger partial charge in [-0.05, 0) is 38.5 Å². The number of hydrogen-bond acceptors (Lipinski definition) is 4. The Labute approximate surface area is 108 Å². The van der Waals surface area contributed by atoms with Crippen LogP contribution in [0, 0.1) is 0 Å². The summed E-state index contributed by atoms with van der Waals surface area (Å²) >= 11 is 0. The third-order valence-electron chi connectivity index (χ3n) is 2.14. The van der Waals surface area contributed by atoms with Gasteiger partial charge in [-0.2, -0.15) is 0 Å². The van der Waals surface area contributed by atoms with Crippen molar-refractivity contribution in [3.8, 4) is 11.5 Å². The molecule has 0 bridgehead atoms. The van der Waals surface area contributed by atoms with Crippen LogP contribution in [0.15, 0.2) is 18.2 Å². The molecule has 4 heteroatoms. The molecule has 1 aromatic carbocycles. The number of benzene rings is 1. The molecule has 0 aromatic heterocycles. The molecule has 0 aliphatic carbocycles. The van der Waals surface area contributed by atoms with Crippen LogP contribution < -0.4 is 9.47 Å². The third kappa shape index (κ3) is 4.75. The fraction of sp³-hybridized carbons (Fsp3) is 0.500. The minimum Gasteiger partial charge on any atom is -0.490 e. The van der Waals surface area contributed by atoms with Crippen LogP contribution in [0.5, 0.6) is 11.5 Å². The number of carbonyl (C=O) groups is 1. The summed E-state index contributed by atoms with van der Waals surface area (Å²) in [5.41, 5.74) is 0.989.